The molecule has 0 saturated carbocycles. The Kier molecular flexibility index (Phi) is 8.67. The number of ether oxygens (including phenoxy) is 1. The Labute approximate surface area is 195 Å². The highest BCUT2D eigenvalue weighted by molar-refractivity contribution is 7.55. The van der Waals surface area contributed by atoms with E-state index in [1.807, 2.05) is 60.7 Å². The molecule has 1 heterocycles. The summed E-state index contributed by atoms with van der Waals surface area (Å²) >= 11 is 0.849. The second-order valence-corrected chi connectivity index (χ2v) is 9.06. The summed E-state index contributed by atoms with van der Waals surface area (Å²) in [5, 5.41) is 6.50. The highest BCUT2D eigenvalue weighted by Crippen LogP contribution is 2.46. The van der Waals surface area contributed by atoms with Crippen LogP contribution >= 0.6 is 19.3 Å². The normalized spacial score (nSPS) is 11.9. The Morgan fingerprint density at radius 3 is 2.15 bits per heavy atom. The molecule has 3 aromatic rings. The van der Waals surface area contributed by atoms with Crippen molar-refractivity contribution in [3.63, 3.8) is 0 Å². The third-order valence-corrected chi connectivity index (χ3v) is 6.49. The molecule has 0 saturated heterocycles. The van der Waals surface area contributed by atoms with E-state index in [0.29, 0.717) is 0 Å². The van der Waals surface area contributed by atoms with Crippen molar-refractivity contribution < 1.29 is 28.0 Å². The fraction of sp³-hybridized carbons (Fsp3) is 0.238. The van der Waals surface area contributed by atoms with Crippen molar-refractivity contribution in [2.75, 3.05) is 25.9 Å². The average molecular weight is 490 g/mol. The Balaban J connectivity index is 1.90. The van der Waals surface area contributed by atoms with Crippen LogP contribution < -0.4 is 5.09 Å². The van der Waals surface area contributed by atoms with Gasteiger partial charge >= 0.3 is 13.7 Å². The lowest BCUT2D eigenvalue weighted by atomic mass is 10.0. The second kappa shape index (κ2) is 11.7. The first-order chi connectivity index (χ1) is 16.0. The predicted octanol–water partition coefficient (Wildman–Crippen LogP) is 4.42. The summed E-state index contributed by atoms with van der Waals surface area (Å²) in [7, 11) is -1.14. The third kappa shape index (κ3) is 6.45. The van der Waals surface area contributed by atoms with Gasteiger partial charge in [-0.15, -0.1) is 0 Å². The van der Waals surface area contributed by atoms with E-state index in [4.69, 9.17) is 18.6 Å². The largest absolute Gasteiger partial charge is 0.448 e. The van der Waals surface area contributed by atoms with Crippen molar-refractivity contribution in [1.82, 2.24) is 9.36 Å². The maximum absolute atomic E-state index is 13.2. The molecule has 0 aliphatic rings. The zero-order valence-corrected chi connectivity index (χ0v) is 19.9. The second-order valence-electron chi connectivity index (χ2n) is 6.36. The number of benzene rings is 2. The van der Waals surface area contributed by atoms with Gasteiger partial charge in [-0.3, -0.25) is 14.1 Å². The van der Waals surface area contributed by atoms with Crippen LogP contribution in [-0.4, -0.2) is 41.9 Å². The molecular weight excluding hydrogens is 467 g/mol. The van der Waals surface area contributed by atoms with E-state index in [-0.39, 0.29) is 23.3 Å². The van der Waals surface area contributed by atoms with Crippen molar-refractivity contribution in [1.29, 1.82) is 0 Å². The molecule has 1 N–H and O–H groups in total. The van der Waals surface area contributed by atoms with Gasteiger partial charge < -0.3 is 9.57 Å². The molecular formula is C21H23N4O6PS. The van der Waals surface area contributed by atoms with Crippen LogP contribution in [0, 0.1) is 0 Å². The number of anilines is 1. The van der Waals surface area contributed by atoms with Crippen LogP contribution in [0.2, 0.25) is 0 Å². The maximum Gasteiger partial charge on any atom is 0.434 e. The molecule has 0 aliphatic heterocycles. The molecule has 33 heavy (non-hydrogen) atoms. The van der Waals surface area contributed by atoms with Crippen molar-refractivity contribution in [3.05, 3.63) is 77.6 Å². The minimum Gasteiger partial charge on any atom is -0.448 e. The number of hydrogen-bond acceptors (Lipinski definition) is 10. The Hall–Kier alpha value is -3.11. The van der Waals surface area contributed by atoms with E-state index in [9.17, 15) is 9.36 Å². The van der Waals surface area contributed by atoms with Gasteiger partial charge in [-0.2, -0.15) is 9.36 Å². The number of aromatic nitrogens is 2. The van der Waals surface area contributed by atoms with Gasteiger partial charge in [-0.25, -0.2) is 9.36 Å². The molecule has 0 fully saturated rings. The van der Waals surface area contributed by atoms with E-state index in [1.165, 1.54) is 14.2 Å². The number of esters is 1. The molecule has 174 valence electrons. The molecule has 10 nitrogen and oxygen atoms in total. The summed E-state index contributed by atoms with van der Waals surface area (Å²) in [6.45, 7) is 1.94. The van der Waals surface area contributed by atoms with Crippen LogP contribution in [0.3, 0.4) is 0 Å². The molecule has 12 heteroatoms. The maximum atomic E-state index is 13.2. The topological polar surface area (TPSA) is 121 Å². The smallest absolute Gasteiger partial charge is 0.434 e. The Morgan fingerprint density at radius 2 is 1.64 bits per heavy atom. The van der Waals surface area contributed by atoms with E-state index < -0.39 is 19.8 Å². The predicted molar refractivity (Wildman–Crippen MR) is 124 cm³/mol. The number of carbonyl (C=O) groups excluding carboxylic acids is 1. The summed E-state index contributed by atoms with van der Waals surface area (Å²) in [6.07, 6.45) is -0.690. The van der Waals surface area contributed by atoms with Crippen LogP contribution in [0.1, 0.15) is 30.0 Å². The summed E-state index contributed by atoms with van der Waals surface area (Å²) in [5.41, 5.74) is 1.33. The fourth-order valence-electron chi connectivity index (χ4n) is 2.69. The van der Waals surface area contributed by atoms with Crippen molar-refractivity contribution in [2.24, 2.45) is 5.16 Å². The Morgan fingerprint density at radius 1 is 1.06 bits per heavy atom. The molecule has 0 spiro atoms. The van der Waals surface area contributed by atoms with Crippen LogP contribution in [-0.2, 0) is 28.0 Å². The summed E-state index contributed by atoms with van der Waals surface area (Å²) in [5.74, 6) is -0.841. The quantitative estimate of drug-likeness (QED) is 0.180. The molecule has 0 bridgehead atoms. The molecule has 0 radical (unpaired) electrons. The minimum atomic E-state index is -3.60. The van der Waals surface area contributed by atoms with E-state index >= 15 is 0 Å². The lowest BCUT2D eigenvalue weighted by Gasteiger charge is -2.18. The SMILES string of the molecule is CCON=C(C(=O)OC(c1ccccc1)c1ccccc1)c1nsc(NP(=O)(OC)OC)n1. The lowest BCUT2D eigenvalue weighted by Crippen LogP contribution is -2.23. The highest BCUT2D eigenvalue weighted by Gasteiger charge is 2.29. The summed E-state index contributed by atoms with van der Waals surface area (Å²) in [4.78, 5) is 22.5. The zero-order chi connectivity index (χ0) is 23.7. The van der Waals surface area contributed by atoms with Gasteiger partial charge in [0.25, 0.3) is 0 Å². The molecule has 0 unspecified atom stereocenters. The van der Waals surface area contributed by atoms with Crippen LogP contribution in [0.25, 0.3) is 0 Å². The van der Waals surface area contributed by atoms with Gasteiger partial charge in [0, 0.05) is 25.8 Å². The minimum absolute atomic E-state index is 0.0559. The number of nitrogens with zero attached hydrogens (tertiary/aromatic N) is 3. The fourth-order valence-corrected chi connectivity index (χ4v) is 4.24. The van der Waals surface area contributed by atoms with E-state index in [0.717, 1.165) is 22.7 Å². The van der Waals surface area contributed by atoms with Gasteiger partial charge in [-0.1, -0.05) is 65.8 Å². The van der Waals surface area contributed by atoms with Crippen LogP contribution in [0.5, 0.6) is 0 Å². The average Bonchev–Trinajstić information content (AvgIpc) is 3.31. The van der Waals surface area contributed by atoms with Gasteiger partial charge in [0.1, 0.15) is 6.61 Å². The number of rotatable bonds is 11. The lowest BCUT2D eigenvalue weighted by molar-refractivity contribution is -0.139. The first-order valence-electron chi connectivity index (χ1n) is 9.84. The van der Waals surface area contributed by atoms with Crippen molar-refractivity contribution in [3.8, 4) is 0 Å². The standard InChI is InChI=1S/C21H23N4O6PS/c1-4-30-23-17(19-22-21(33-25-19)24-32(27,28-2)29-3)20(26)31-18(15-11-7-5-8-12-15)16-13-9-6-10-14-16/h5-14,18H,4H2,1-3H3,(H,22,24,25,27). The molecule has 1 aromatic heterocycles. The van der Waals surface area contributed by atoms with Crippen LogP contribution in [0.4, 0.5) is 5.13 Å². The number of oxime groups is 1. The molecule has 3 rings (SSSR count). The van der Waals surface area contributed by atoms with Crippen molar-refractivity contribution >= 4 is 36.1 Å². The van der Waals surface area contributed by atoms with E-state index in [1.54, 1.807) is 6.92 Å². The highest BCUT2D eigenvalue weighted by atomic mass is 32.1. The molecule has 0 atom stereocenters. The monoisotopic (exact) mass is 490 g/mol. The number of nitrogens with one attached hydrogen (secondary N) is 1. The molecule has 2 aromatic carbocycles. The van der Waals surface area contributed by atoms with Gasteiger partial charge in [0.2, 0.25) is 16.7 Å². The first-order valence-corrected chi connectivity index (χ1v) is 12.2. The number of hydrogen-bond donors (Lipinski definition) is 1. The zero-order valence-electron chi connectivity index (χ0n) is 18.2. The van der Waals surface area contributed by atoms with E-state index in [2.05, 4.69) is 19.6 Å². The third-order valence-electron chi connectivity index (χ3n) is 4.26. The first kappa shape index (κ1) is 24.5. The molecule has 0 aliphatic carbocycles. The molecule has 0 amide bonds. The summed E-state index contributed by atoms with van der Waals surface area (Å²) in [6, 6.07) is 18.6. The van der Waals surface area contributed by atoms with Crippen LogP contribution in [0.15, 0.2) is 65.8 Å². The van der Waals surface area contributed by atoms with Gasteiger partial charge in [0.05, 0.1) is 0 Å². The Bertz CT molecular complexity index is 1080. The van der Waals surface area contributed by atoms with Gasteiger partial charge in [0.15, 0.2) is 6.10 Å². The number of carbonyl (C=O) groups is 1. The van der Waals surface area contributed by atoms with Gasteiger partial charge in [-0.05, 0) is 18.1 Å². The van der Waals surface area contributed by atoms with Crippen molar-refractivity contribution in [2.45, 2.75) is 13.0 Å². The summed E-state index contributed by atoms with van der Waals surface area (Å²) < 4.78 is 31.9.